The first-order chi connectivity index (χ1) is 8.05. The molecule has 2 bridgehead atoms. The Kier molecular flexibility index (Phi) is 3.60. The predicted octanol–water partition coefficient (Wildman–Crippen LogP) is 4.16. The molecule has 1 N–H and O–H groups in total. The molecule has 0 aromatic carbocycles. The number of hydrogen-bond acceptors (Lipinski definition) is 1. The Balaban J connectivity index is 2.27. The van der Waals surface area contributed by atoms with E-state index >= 15 is 0 Å². The first kappa shape index (κ1) is 12.7. The van der Waals surface area contributed by atoms with Gasteiger partial charge in [0.2, 0.25) is 0 Å². The van der Waals surface area contributed by atoms with E-state index in [0.717, 1.165) is 11.5 Å². The molecule has 17 heavy (non-hydrogen) atoms. The lowest BCUT2D eigenvalue weighted by Crippen LogP contribution is -2.32. The van der Waals surface area contributed by atoms with Gasteiger partial charge in [-0.05, 0) is 57.3 Å². The summed E-state index contributed by atoms with van der Waals surface area (Å²) >= 11 is 0. The number of aliphatic carboxylic acids is 1. The molecule has 3 saturated carbocycles. The zero-order valence-corrected chi connectivity index (χ0v) is 11.1. The summed E-state index contributed by atoms with van der Waals surface area (Å²) in [5, 5.41) is 9.17. The summed E-state index contributed by atoms with van der Waals surface area (Å²) in [6.45, 7) is 3.84. The molecular weight excluding hydrogens is 212 g/mol. The van der Waals surface area contributed by atoms with Crippen LogP contribution in [0.15, 0.2) is 11.1 Å². The number of carbonyl (C=O) groups is 1. The van der Waals surface area contributed by atoms with Gasteiger partial charge in [0.15, 0.2) is 0 Å². The van der Waals surface area contributed by atoms with Gasteiger partial charge < -0.3 is 5.11 Å². The van der Waals surface area contributed by atoms with E-state index in [1.807, 2.05) is 0 Å². The molecule has 0 aliphatic heterocycles. The van der Waals surface area contributed by atoms with E-state index in [9.17, 15) is 9.90 Å². The van der Waals surface area contributed by atoms with Crippen molar-refractivity contribution >= 4 is 5.97 Å². The molecule has 2 nitrogen and oxygen atoms in total. The zero-order chi connectivity index (χ0) is 12.5. The van der Waals surface area contributed by atoms with Crippen molar-refractivity contribution in [2.75, 3.05) is 0 Å². The van der Waals surface area contributed by atoms with Gasteiger partial charge in [0.05, 0.1) is 0 Å². The van der Waals surface area contributed by atoms with Gasteiger partial charge in [-0.2, -0.15) is 0 Å². The van der Waals surface area contributed by atoms with Crippen LogP contribution in [0.4, 0.5) is 0 Å². The van der Waals surface area contributed by atoms with Crippen molar-refractivity contribution in [1.82, 2.24) is 0 Å². The maximum Gasteiger partial charge on any atom is 0.331 e. The molecule has 96 valence electrons. The summed E-state index contributed by atoms with van der Waals surface area (Å²) in [4.78, 5) is 11.2. The van der Waals surface area contributed by atoms with E-state index in [0.29, 0.717) is 5.57 Å². The number of carboxylic acids is 1. The number of allylic oxidation sites excluding steroid dienone is 1. The van der Waals surface area contributed by atoms with E-state index in [2.05, 4.69) is 6.92 Å². The Bertz CT molecular complexity index is 327. The Labute approximate surface area is 104 Å². The molecule has 3 aliphatic carbocycles. The largest absolute Gasteiger partial charge is 0.478 e. The second kappa shape index (κ2) is 4.83. The lowest BCUT2D eigenvalue weighted by molar-refractivity contribution is -0.132. The molecule has 0 saturated heterocycles. The minimum atomic E-state index is -0.735. The molecule has 0 aromatic rings. The molecule has 2 heteroatoms. The highest BCUT2D eigenvalue weighted by molar-refractivity contribution is 5.87. The highest BCUT2D eigenvalue weighted by Gasteiger charge is 2.38. The molecule has 0 unspecified atom stereocenters. The molecule has 3 fully saturated rings. The smallest absolute Gasteiger partial charge is 0.331 e. The predicted molar refractivity (Wildman–Crippen MR) is 68.9 cm³/mol. The number of fused-ring (bicyclic) bond motifs is 5. The lowest BCUT2D eigenvalue weighted by Gasteiger charge is -2.44. The standard InChI is InChI=1S/C15H24O2/c1-11(14(16)17)12(2)15-8-4-3-5-13(6-9-15)7-10-15/h13H,3-10H2,1-2H3,(H,16,17). The molecular formula is C15H24O2. The molecule has 0 radical (unpaired) electrons. The first-order valence-corrected chi connectivity index (χ1v) is 6.96. The van der Waals surface area contributed by atoms with Crippen molar-refractivity contribution in [2.24, 2.45) is 11.3 Å². The monoisotopic (exact) mass is 236 g/mol. The quantitative estimate of drug-likeness (QED) is 0.731. The molecule has 3 aliphatic rings. The van der Waals surface area contributed by atoms with Gasteiger partial charge in [-0.25, -0.2) is 4.79 Å². The Morgan fingerprint density at radius 3 is 2.29 bits per heavy atom. The highest BCUT2D eigenvalue weighted by Crippen LogP contribution is 2.51. The maximum absolute atomic E-state index is 11.2. The highest BCUT2D eigenvalue weighted by atomic mass is 16.4. The number of rotatable bonds is 2. The van der Waals surface area contributed by atoms with Gasteiger partial charge in [0.1, 0.15) is 0 Å². The van der Waals surface area contributed by atoms with Crippen LogP contribution in [0.3, 0.4) is 0 Å². The van der Waals surface area contributed by atoms with Crippen LogP contribution in [0.5, 0.6) is 0 Å². The van der Waals surface area contributed by atoms with Crippen molar-refractivity contribution in [3.63, 3.8) is 0 Å². The molecule has 3 rings (SSSR count). The number of carboxylic acid groups (broad SMARTS) is 1. The van der Waals surface area contributed by atoms with Crippen molar-refractivity contribution in [3.05, 3.63) is 11.1 Å². The van der Waals surface area contributed by atoms with Gasteiger partial charge in [0.25, 0.3) is 0 Å². The second-order valence-electron chi connectivity index (χ2n) is 6.02. The van der Waals surface area contributed by atoms with E-state index in [1.54, 1.807) is 6.92 Å². The second-order valence-corrected chi connectivity index (χ2v) is 6.02. The zero-order valence-electron chi connectivity index (χ0n) is 11.1. The van der Waals surface area contributed by atoms with Gasteiger partial charge in [-0.15, -0.1) is 0 Å². The van der Waals surface area contributed by atoms with Gasteiger partial charge in [-0.1, -0.05) is 24.8 Å². The fraction of sp³-hybridized carbons (Fsp3) is 0.800. The van der Waals surface area contributed by atoms with Crippen LogP contribution < -0.4 is 0 Å². The van der Waals surface area contributed by atoms with Gasteiger partial charge in [-0.3, -0.25) is 0 Å². The third-order valence-electron chi connectivity index (χ3n) is 5.26. The Morgan fingerprint density at radius 2 is 1.71 bits per heavy atom. The van der Waals surface area contributed by atoms with Crippen LogP contribution in [0.25, 0.3) is 0 Å². The van der Waals surface area contributed by atoms with Crippen molar-refractivity contribution in [2.45, 2.75) is 65.2 Å². The third kappa shape index (κ3) is 2.41. The van der Waals surface area contributed by atoms with E-state index in [1.165, 1.54) is 51.4 Å². The molecule has 0 spiro atoms. The topological polar surface area (TPSA) is 37.3 Å². The average Bonchev–Trinajstić information content (AvgIpc) is 2.28. The first-order valence-electron chi connectivity index (χ1n) is 6.96. The molecule has 0 heterocycles. The minimum Gasteiger partial charge on any atom is -0.478 e. The van der Waals surface area contributed by atoms with Crippen LogP contribution in [-0.2, 0) is 4.79 Å². The summed E-state index contributed by atoms with van der Waals surface area (Å²) in [6, 6.07) is 0. The van der Waals surface area contributed by atoms with E-state index in [-0.39, 0.29) is 5.41 Å². The summed E-state index contributed by atoms with van der Waals surface area (Å²) in [5.74, 6) is 0.183. The Morgan fingerprint density at radius 1 is 1.06 bits per heavy atom. The van der Waals surface area contributed by atoms with Crippen molar-refractivity contribution in [1.29, 1.82) is 0 Å². The van der Waals surface area contributed by atoms with Gasteiger partial charge >= 0.3 is 5.97 Å². The summed E-state index contributed by atoms with van der Waals surface area (Å²) < 4.78 is 0. The molecule has 0 amide bonds. The van der Waals surface area contributed by atoms with Crippen molar-refractivity contribution in [3.8, 4) is 0 Å². The van der Waals surface area contributed by atoms with Crippen molar-refractivity contribution < 1.29 is 9.90 Å². The lowest BCUT2D eigenvalue weighted by atomic mass is 9.61. The molecule has 0 atom stereocenters. The van der Waals surface area contributed by atoms with E-state index in [4.69, 9.17) is 0 Å². The number of hydrogen-bond donors (Lipinski definition) is 1. The third-order valence-corrected chi connectivity index (χ3v) is 5.26. The summed E-state index contributed by atoms with van der Waals surface area (Å²) in [6.07, 6.45) is 10.3. The maximum atomic E-state index is 11.2. The van der Waals surface area contributed by atoms with Crippen LogP contribution in [-0.4, -0.2) is 11.1 Å². The Hall–Kier alpha value is -0.790. The fourth-order valence-electron chi connectivity index (χ4n) is 3.79. The fourth-order valence-corrected chi connectivity index (χ4v) is 3.79. The van der Waals surface area contributed by atoms with Crippen LogP contribution in [0, 0.1) is 11.3 Å². The van der Waals surface area contributed by atoms with Crippen LogP contribution >= 0.6 is 0 Å². The minimum absolute atomic E-state index is 0.222. The van der Waals surface area contributed by atoms with Crippen LogP contribution in [0.2, 0.25) is 0 Å². The van der Waals surface area contributed by atoms with Gasteiger partial charge in [0, 0.05) is 5.57 Å². The average molecular weight is 236 g/mol. The molecule has 0 aromatic heterocycles. The van der Waals surface area contributed by atoms with Crippen LogP contribution in [0.1, 0.15) is 65.2 Å². The SMILES string of the molecule is CC(C(=O)O)=C(C)C12CCCCC(CC1)CC2. The summed E-state index contributed by atoms with van der Waals surface area (Å²) in [7, 11) is 0. The van der Waals surface area contributed by atoms with E-state index < -0.39 is 5.97 Å². The summed E-state index contributed by atoms with van der Waals surface area (Å²) in [5.41, 5.74) is 1.97. The normalized spacial score (nSPS) is 34.8.